The molecule has 1 rings (SSSR count). The molecule has 0 atom stereocenters. The van der Waals surface area contributed by atoms with Crippen LogP contribution >= 0.6 is 0 Å². The van der Waals surface area contributed by atoms with Crippen LogP contribution in [0.1, 0.15) is 42.2 Å². The van der Waals surface area contributed by atoms with Gasteiger partial charge in [-0.25, -0.2) is 0 Å². The fourth-order valence-corrected chi connectivity index (χ4v) is 1.23. The third-order valence-corrected chi connectivity index (χ3v) is 1.97. The summed E-state index contributed by atoms with van der Waals surface area (Å²) in [6.07, 6.45) is 4.81. The van der Waals surface area contributed by atoms with Crippen molar-refractivity contribution in [1.82, 2.24) is 0 Å². The van der Waals surface area contributed by atoms with Gasteiger partial charge in [-0.2, -0.15) is 0 Å². The summed E-state index contributed by atoms with van der Waals surface area (Å²) in [5, 5.41) is 0. The van der Waals surface area contributed by atoms with Crippen molar-refractivity contribution in [3.8, 4) is 0 Å². The molecule has 0 saturated heterocycles. The van der Waals surface area contributed by atoms with E-state index >= 15 is 0 Å². The molecular formula is C8H16. The van der Waals surface area contributed by atoms with Gasteiger partial charge in [-0.1, -0.05) is 39.5 Å². The molecule has 1 fully saturated rings. The van der Waals surface area contributed by atoms with E-state index in [-0.39, 0.29) is 0 Å². The van der Waals surface area contributed by atoms with Crippen LogP contribution in [-0.2, 0) is 0 Å². The standard InChI is InChI=1S/C8H16/c1-7-3-5-8(2)6-4-7/h7-8H,3-6H2,1-2H3/i1D,2D. The van der Waals surface area contributed by atoms with Gasteiger partial charge in [0.1, 0.15) is 0 Å². The monoisotopic (exact) mass is 114 g/mol. The average Bonchev–Trinajstić information content (AvgIpc) is 2.05. The quantitative estimate of drug-likeness (QED) is 0.454. The van der Waals surface area contributed by atoms with Gasteiger partial charge in [-0.05, 0) is 11.8 Å². The van der Waals surface area contributed by atoms with Crippen molar-refractivity contribution in [2.45, 2.75) is 39.5 Å². The highest BCUT2D eigenvalue weighted by Crippen LogP contribution is 2.27. The van der Waals surface area contributed by atoms with Crippen LogP contribution < -0.4 is 0 Å². The summed E-state index contributed by atoms with van der Waals surface area (Å²) in [5.74, 6) is 1.31. The molecule has 1 aliphatic rings. The Kier molecular flexibility index (Phi) is 1.23. The Balaban J connectivity index is 2.17. The van der Waals surface area contributed by atoms with Gasteiger partial charge >= 0.3 is 0 Å². The highest BCUT2D eigenvalue weighted by molar-refractivity contribution is 4.65. The molecule has 48 valence electrons. The van der Waals surface area contributed by atoms with Crippen molar-refractivity contribution in [2.75, 3.05) is 0 Å². The van der Waals surface area contributed by atoms with Gasteiger partial charge < -0.3 is 0 Å². The van der Waals surface area contributed by atoms with Crippen LogP contribution in [0.5, 0.6) is 0 Å². The first-order valence-electron chi connectivity index (χ1n) is 4.86. The van der Waals surface area contributed by atoms with Crippen LogP contribution in [-0.4, -0.2) is 0 Å². The molecule has 0 spiro atoms. The van der Waals surface area contributed by atoms with E-state index in [1.54, 1.807) is 0 Å². The van der Waals surface area contributed by atoms with Crippen LogP contribution in [0.3, 0.4) is 0 Å². The summed E-state index contributed by atoms with van der Waals surface area (Å²) >= 11 is 0. The Morgan fingerprint density at radius 1 is 1.00 bits per heavy atom. The van der Waals surface area contributed by atoms with Crippen LogP contribution in [0, 0.1) is 11.8 Å². The third kappa shape index (κ3) is 1.50. The topological polar surface area (TPSA) is 0 Å². The lowest BCUT2D eigenvalue weighted by atomic mass is 9.84. The summed E-state index contributed by atoms with van der Waals surface area (Å²) in [6.45, 7) is 1.20. The normalized spacial score (nSPS) is 43.0. The van der Waals surface area contributed by atoms with Gasteiger partial charge in [-0.3, -0.25) is 0 Å². The maximum atomic E-state index is 7.17. The molecule has 0 aliphatic heterocycles. The Labute approximate surface area is 55.1 Å². The van der Waals surface area contributed by atoms with Gasteiger partial charge in [0.05, 0.1) is 0 Å². The molecule has 0 amide bonds. The minimum Gasteiger partial charge on any atom is -0.0625 e. The van der Waals surface area contributed by atoms with Gasteiger partial charge in [0.2, 0.25) is 0 Å². The summed E-state index contributed by atoms with van der Waals surface area (Å²) in [5.41, 5.74) is 0. The lowest BCUT2D eigenvalue weighted by Crippen LogP contribution is -2.08. The predicted octanol–water partition coefficient (Wildman–Crippen LogP) is 2.83. The maximum Gasteiger partial charge on any atom is 0.0233 e. The fraction of sp³-hybridized carbons (Fsp3) is 1.00. The zero-order chi connectivity index (χ0) is 7.40. The molecule has 1 saturated carbocycles. The van der Waals surface area contributed by atoms with Crippen LogP contribution in [0.4, 0.5) is 0 Å². The molecule has 0 aromatic rings. The molecule has 0 heterocycles. The van der Waals surface area contributed by atoms with Gasteiger partial charge in [0, 0.05) is 2.74 Å². The average molecular weight is 114 g/mol. The highest BCUT2D eigenvalue weighted by atomic mass is 14.2. The summed E-state index contributed by atoms with van der Waals surface area (Å²) in [6, 6.07) is 0. The smallest absolute Gasteiger partial charge is 0.0233 e. The van der Waals surface area contributed by atoms with Crippen LogP contribution in [0.2, 0.25) is 0 Å². The number of hydrogen-bond donors (Lipinski definition) is 0. The summed E-state index contributed by atoms with van der Waals surface area (Å²) in [7, 11) is 0. The first-order chi connectivity index (χ1) is 4.86. The van der Waals surface area contributed by atoms with Crippen molar-refractivity contribution in [3.63, 3.8) is 0 Å². The molecule has 0 aromatic carbocycles. The minimum atomic E-state index is 0.602. The van der Waals surface area contributed by atoms with E-state index in [9.17, 15) is 0 Å². The second-order valence-corrected chi connectivity index (χ2v) is 2.89. The van der Waals surface area contributed by atoms with Crippen LogP contribution in [0.25, 0.3) is 0 Å². The van der Waals surface area contributed by atoms with E-state index in [1.165, 1.54) is 25.7 Å². The maximum absolute atomic E-state index is 7.17. The molecule has 1 aliphatic carbocycles. The van der Waals surface area contributed by atoms with Gasteiger partial charge in [0.25, 0.3) is 0 Å². The van der Waals surface area contributed by atoms with E-state index in [4.69, 9.17) is 2.74 Å². The zero-order valence-electron chi connectivity index (χ0n) is 7.40. The van der Waals surface area contributed by atoms with Crippen molar-refractivity contribution in [1.29, 1.82) is 0 Å². The first-order valence-corrected chi connectivity index (χ1v) is 3.45. The Bertz CT molecular complexity index is 73.3. The number of rotatable bonds is 0. The molecule has 8 heavy (non-hydrogen) atoms. The SMILES string of the molecule is [2H]CC1CCC(C[2H])CC1. The van der Waals surface area contributed by atoms with E-state index < -0.39 is 0 Å². The molecule has 0 heteroatoms. The van der Waals surface area contributed by atoms with Crippen LogP contribution in [0.15, 0.2) is 0 Å². The van der Waals surface area contributed by atoms with Crippen molar-refractivity contribution in [2.24, 2.45) is 11.8 Å². The zero-order valence-corrected chi connectivity index (χ0v) is 5.40. The highest BCUT2D eigenvalue weighted by Gasteiger charge is 2.13. The van der Waals surface area contributed by atoms with Crippen molar-refractivity contribution < 1.29 is 2.74 Å². The second kappa shape index (κ2) is 2.52. The summed E-state index contributed by atoms with van der Waals surface area (Å²) < 4.78 is 14.3. The molecule has 0 unspecified atom stereocenters. The predicted molar refractivity (Wildman–Crippen MR) is 36.8 cm³/mol. The van der Waals surface area contributed by atoms with Gasteiger partial charge in [-0.15, -0.1) is 0 Å². The lowest BCUT2D eigenvalue weighted by molar-refractivity contribution is 0.308. The number of hydrogen-bond acceptors (Lipinski definition) is 0. The molecule has 0 radical (unpaired) electrons. The molecular weight excluding hydrogens is 96.1 g/mol. The van der Waals surface area contributed by atoms with Crippen molar-refractivity contribution in [3.05, 3.63) is 0 Å². The Hall–Kier alpha value is 0. The minimum absolute atomic E-state index is 0.602. The van der Waals surface area contributed by atoms with E-state index in [0.29, 0.717) is 25.6 Å². The van der Waals surface area contributed by atoms with Crippen molar-refractivity contribution >= 4 is 0 Å². The lowest BCUT2D eigenvalue weighted by Gasteiger charge is -2.22. The second-order valence-electron chi connectivity index (χ2n) is 2.89. The molecule has 0 aromatic heterocycles. The first kappa shape index (κ1) is 3.92. The van der Waals surface area contributed by atoms with Gasteiger partial charge in [0.15, 0.2) is 0 Å². The Morgan fingerprint density at radius 3 is 1.62 bits per heavy atom. The largest absolute Gasteiger partial charge is 0.0625 e. The third-order valence-electron chi connectivity index (χ3n) is 1.97. The fourth-order valence-electron chi connectivity index (χ4n) is 1.23. The van der Waals surface area contributed by atoms with E-state index in [2.05, 4.69) is 0 Å². The molecule has 0 bridgehead atoms. The molecule has 0 N–H and O–H groups in total. The summed E-state index contributed by atoms with van der Waals surface area (Å²) in [4.78, 5) is 0. The Morgan fingerprint density at radius 2 is 1.38 bits per heavy atom. The molecule has 0 nitrogen and oxygen atoms in total. The van der Waals surface area contributed by atoms with E-state index in [1.807, 2.05) is 0 Å². The van der Waals surface area contributed by atoms with E-state index in [0.717, 1.165) is 0 Å².